The van der Waals surface area contributed by atoms with Gasteiger partial charge in [0.1, 0.15) is 0 Å². The third-order valence-corrected chi connectivity index (χ3v) is 6.77. The molecule has 5 atom stereocenters. The first kappa shape index (κ1) is 13.3. The van der Waals surface area contributed by atoms with Crippen LogP contribution in [0.1, 0.15) is 32.1 Å². The summed E-state index contributed by atoms with van der Waals surface area (Å²) in [7, 11) is 4.49. The molecule has 0 radical (unpaired) electrons. The molecule has 1 saturated heterocycles. The highest BCUT2D eigenvalue weighted by Crippen LogP contribution is 2.50. The number of nitrogens with zero attached hydrogens (tertiary/aromatic N) is 1. The summed E-state index contributed by atoms with van der Waals surface area (Å²) in [6.45, 7) is 1.27. The summed E-state index contributed by atoms with van der Waals surface area (Å²) in [5.41, 5.74) is 0. The van der Waals surface area contributed by atoms with Crippen molar-refractivity contribution < 1.29 is 0 Å². The summed E-state index contributed by atoms with van der Waals surface area (Å²) in [6.07, 6.45) is 7.57. The van der Waals surface area contributed by atoms with Crippen molar-refractivity contribution in [3.05, 3.63) is 0 Å². The second-order valence-electron chi connectivity index (χ2n) is 6.69. The fourth-order valence-corrected chi connectivity index (χ4v) is 5.90. The van der Waals surface area contributed by atoms with Crippen molar-refractivity contribution in [2.45, 2.75) is 44.2 Å². The van der Waals surface area contributed by atoms with E-state index in [1.165, 1.54) is 43.7 Å². The van der Waals surface area contributed by atoms with E-state index in [-0.39, 0.29) is 0 Å². The topological polar surface area (TPSA) is 15.3 Å². The molecule has 2 aliphatic carbocycles. The zero-order valence-electron chi connectivity index (χ0n) is 11.9. The molecule has 1 heterocycles. The van der Waals surface area contributed by atoms with Crippen molar-refractivity contribution >= 4 is 11.8 Å². The first-order valence-electron chi connectivity index (χ1n) is 7.73. The molecule has 104 valence electrons. The van der Waals surface area contributed by atoms with Gasteiger partial charge >= 0.3 is 0 Å². The fourth-order valence-electron chi connectivity index (χ4n) is 4.59. The predicted octanol–water partition coefficient (Wildman–Crippen LogP) is 2.45. The van der Waals surface area contributed by atoms with E-state index in [1.807, 2.05) is 0 Å². The Morgan fingerprint density at radius 1 is 1.33 bits per heavy atom. The van der Waals surface area contributed by atoms with E-state index in [2.05, 4.69) is 36.1 Å². The van der Waals surface area contributed by atoms with Crippen molar-refractivity contribution in [3.8, 4) is 0 Å². The normalized spacial score (nSPS) is 42.3. The van der Waals surface area contributed by atoms with Crippen LogP contribution in [-0.2, 0) is 0 Å². The molecule has 1 aliphatic heterocycles. The van der Waals surface area contributed by atoms with Gasteiger partial charge in [-0.25, -0.2) is 0 Å². The average molecular weight is 268 g/mol. The van der Waals surface area contributed by atoms with Gasteiger partial charge in [0.2, 0.25) is 0 Å². The molecule has 2 saturated carbocycles. The summed E-state index contributed by atoms with van der Waals surface area (Å²) in [5.74, 6) is 5.84. The van der Waals surface area contributed by atoms with E-state index in [0.717, 1.165) is 23.8 Å². The Morgan fingerprint density at radius 2 is 2.22 bits per heavy atom. The van der Waals surface area contributed by atoms with E-state index in [0.29, 0.717) is 6.04 Å². The van der Waals surface area contributed by atoms with Gasteiger partial charge in [-0.2, -0.15) is 11.8 Å². The van der Waals surface area contributed by atoms with Gasteiger partial charge in [-0.15, -0.1) is 0 Å². The minimum absolute atomic E-state index is 0.715. The number of fused-ring (bicyclic) bond motifs is 2. The van der Waals surface area contributed by atoms with Crippen LogP contribution in [0.15, 0.2) is 0 Å². The summed E-state index contributed by atoms with van der Waals surface area (Å²) in [4.78, 5) is 2.59. The van der Waals surface area contributed by atoms with Gasteiger partial charge in [-0.05, 0) is 57.5 Å². The third-order valence-electron chi connectivity index (χ3n) is 5.72. The summed E-state index contributed by atoms with van der Waals surface area (Å²) >= 11 is 2.14. The molecular weight excluding hydrogens is 240 g/mol. The van der Waals surface area contributed by atoms with E-state index in [1.54, 1.807) is 6.42 Å². The van der Waals surface area contributed by atoms with Crippen LogP contribution in [0.5, 0.6) is 0 Å². The van der Waals surface area contributed by atoms with Crippen molar-refractivity contribution in [2.24, 2.45) is 17.8 Å². The Labute approximate surface area is 116 Å². The Bertz CT molecular complexity index is 284. The molecule has 18 heavy (non-hydrogen) atoms. The lowest BCUT2D eigenvalue weighted by Crippen LogP contribution is -2.52. The molecule has 0 aromatic heterocycles. The highest BCUT2D eigenvalue weighted by atomic mass is 32.2. The van der Waals surface area contributed by atoms with E-state index in [4.69, 9.17) is 0 Å². The maximum absolute atomic E-state index is 3.63. The number of hydrogen-bond donors (Lipinski definition) is 1. The van der Waals surface area contributed by atoms with Gasteiger partial charge in [0.15, 0.2) is 0 Å². The van der Waals surface area contributed by atoms with E-state index in [9.17, 15) is 0 Å². The molecule has 2 bridgehead atoms. The lowest BCUT2D eigenvalue weighted by atomic mass is 9.82. The number of rotatable bonds is 4. The molecule has 3 heteroatoms. The molecule has 3 rings (SSSR count). The van der Waals surface area contributed by atoms with Crippen molar-refractivity contribution in [3.63, 3.8) is 0 Å². The Balaban J connectivity index is 1.58. The largest absolute Gasteiger partial charge is 0.315 e. The molecule has 0 aromatic carbocycles. The molecule has 0 amide bonds. The summed E-state index contributed by atoms with van der Waals surface area (Å²) < 4.78 is 0. The number of hydrogen-bond acceptors (Lipinski definition) is 3. The Morgan fingerprint density at radius 3 is 2.83 bits per heavy atom. The van der Waals surface area contributed by atoms with Crippen LogP contribution >= 0.6 is 11.8 Å². The monoisotopic (exact) mass is 268 g/mol. The molecule has 2 nitrogen and oxygen atoms in total. The van der Waals surface area contributed by atoms with Crippen LogP contribution < -0.4 is 5.32 Å². The zero-order chi connectivity index (χ0) is 12.5. The smallest absolute Gasteiger partial charge is 0.0337 e. The third kappa shape index (κ3) is 2.59. The SMILES string of the molecule is CNC(CC1CC2CCC1C2)C1CSCCN1C. The van der Waals surface area contributed by atoms with Crippen molar-refractivity contribution in [1.82, 2.24) is 10.2 Å². The molecule has 3 fully saturated rings. The minimum atomic E-state index is 0.715. The maximum atomic E-state index is 3.63. The second-order valence-corrected chi connectivity index (χ2v) is 7.84. The van der Waals surface area contributed by atoms with Crippen LogP contribution in [0.3, 0.4) is 0 Å². The van der Waals surface area contributed by atoms with Crippen molar-refractivity contribution in [2.75, 3.05) is 32.1 Å². The van der Waals surface area contributed by atoms with Crippen LogP contribution in [0.25, 0.3) is 0 Å². The lowest BCUT2D eigenvalue weighted by Gasteiger charge is -2.39. The highest BCUT2D eigenvalue weighted by Gasteiger charge is 2.41. The van der Waals surface area contributed by atoms with Gasteiger partial charge in [0.25, 0.3) is 0 Å². The second kappa shape index (κ2) is 5.72. The van der Waals surface area contributed by atoms with Crippen LogP contribution in [0.2, 0.25) is 0 Å². The maximum Gasteiger partial charge on any atom is 0.0337 e. The Hall–Kier alpha value is 0.270. The van der Waals surface area contributed by atoms with Gasteiger partial charge < -0.3 is 10.2 Å². The fraction of sp³-hybridized carbons (Fsp3) is 1.00. The predicted molar refractivity (Wildman–Crippen MR) is 80.1 cm³/mol. The zero-order valence-corrected chi connectivity index (χ0v) is 12.7. The quantitative estimate of drug-likeness (QED) is 0.843. The standard InChI is InChI=1S/C15H28N2S/c1-16-14(15-10-18-6-5-17(15)2)9-13-8-11-3-4-12(13)7-11/h11-16H,3-10H2,1-2H3. The van der Waals surface area contributed by atoms with Crippen LogP contribution in [0, 0.1) is 17.8 Å². The summed E-state index contributed by atoms with van der Waals surface area (Å²) in [6, 6.07) is 1.47. The van der Waals surface area contributed by atoms with Gasteiger partial charge in [0, 0.05) is 30.1 Å². The van der Waals surface area contributed by atoms with Gasteiger partial charge in [-0.3, -0.25) is 0 Å². The Kier molecular flexibility index (Phi) is 4.21. The number of nitrogens with one attached hydrogen (secondary N) is 1. The summed E-state index contributed by atoms with van der Waals surface area (Å²) in [5, 5.41) is 3.63. The van der Waals surface area contributed by atoms with Crippen LogP contribution in [0.4, 0.5) is 0 Å². The number of thioether (sulfide) groups is 1. The molecule has 1 N–H and O–H groups in total. The number of likely N-dealkylation sites (N-methyl/N-ethyl adjacent to an activating group) is 2. The minimum Gasteiger partial charge on any atom is -0.315 e. The highest BCUT2D eigenvalue weighted by molar-refractivity contribution is 7.99. The molecular formula is C15H28N2S. The first-order chi connectivity index (χ1) is 8.78. The lowest BCUT2D eigenvalue weighted by molar-refractivity contribution is 0.182. The van der Waals surface area contributed by atoms with E-state index >= 15 is 0 Å². The van der Waals surface area contributed by atoms with Crippen LogP contribution in [-0.4, -0.2) is 49.1 Å². The molecule has 0 aromatic rings. The van der Waals surface area contributed by atoms with Gasteiger partial charge in [-0.1, -0.05) is 6.42 Å². The van der Waals surface area contributed by atoms with Crippen molar-refractivity contribution in [1.29, 1.82) is 0 Å². The molecule has 3 aliphatic rings. The average Bonchev–Trinajstić information content (AvgIpc) is 2.99. The molecule has 5 unspecified atom stereocenters. The molecule has 0 spiro atoms. The van der Waals surface area contributed by atoms with Gasteiger partial charge in [0.05, 0.1) is 0 Å². The van der Waals surface area contributed by atoms with E-state index < -0.39 is 0 Å². The first-order valence-corrected chi connectivity index (χ1v) is 8.88.